The number of rotatable bonds is 6. The molecule has 0 saturated carbocycles. The molecular weight excluding hydrogens is 316 g/mol. The normalized spacial score (nSPS) is 18.1. The summed E-state index contributed by atoms with van der Waals surface area (Å²) in [5.41, 5.74) is 1.23. The van der Waals surface area contributed by atoms with E-state index in [1.165, 1.54) is 24.8 Å². The van der Waals surface area contributed by atoms with Crippen molar-refractivity contribution in [1.82, 2.24) is 10.2 Å². The van der Waals surface area contributed by atoms with Gasteiger partial charge in [0.15, 0.2) is 0 Å². The number of phenols is 1. The van der Waals surface area contributed by atoms with E-state index >= 15 is 0 Å². The van der Waals surface area contributed by atoms with Crippen molar-refractivity contribution in [2.45, 2.75) is 38.6 Å². The van der Waals surface area contributed by atoms with Crippen LogP contribution in [0.1, 0.15) is 44.2 Å². The summed E-state index contributed by atoms with van der Waals surface area (Å²) in [4.78, 5) is 2.55. The molecule has 0 amide bonds. The van der Waals surface area contributed by atoms with E-state index in [9.17, 15) is 5.11 Å². The Balaban J connectivity index is 2.17. The smallest absolute Gasteiger partial charge is 0.115 e. The standard InChI is InChI=1S/C16H25BrN2O/c1-2-3-4-5-16(19-10-8-18-9-11-19)14-12-13(20)6-7-15(14)17/h6-7,12,16,18,20H,2-5,8-11H2,1H3/t16-/m0/s1. The summed E-state index contributed by atoms with van der Waals surface area (Å²) in [6.07, 6.45) is 4.93. The summed E-state index contributed by atoms with van der Waals surface area (Å²) in [6, 6.07) is 6.03. The lowest BCUT2D eigenvalue weighted by Gasteiger charge is -2.36. The summed E-state index contributed by atoms with van der Waals surface area (Å²) in [7, 11) is 0. The first-order chi connectivity index (χ1) is 9.72. The predicted octanol–water partition coefficient (Wildman–Crippen LogP) is 3.68. The number of hydrogen-bond donors (Lipinski definition) is 2. The Morgan fingerprint density at radius 3 is 2.75 bits per heavy atom. The number of aromatic hydroxyl groups is 1. The highest BCUT2D eigenvalue weighted by Gasteiger charge is 2.23. The van der Waals surface area contributed by atoms with Crippen LogP contribution in [-0.4, -0.2) is 36.2 Å². The minimum Gasteiger partial charge on any atom is -0.508 e. The van der Waals surface area contributed by atoms with Crippen molar-refractivity contribution in [3.05, 3.63) is 28.2 Å². The van der Waals surface area contributed by atoms with Crippen molar-refractivity contribution in [2.75, 3.05) is 26.2 Å². The van der Waals surface area contributed by atoms with Crippen molar-refractivity contribution in [1.29, 1.82) is 0 Å². The largest absolute Gasteiger partial charge is 0.508 e. The topological polar surface area (TPSA) is 35.5 Å². The maximum atomic E-state index is 9.80. The third kappa shape index (κ3) is 4.21. The summed E-state index contributed by atoms with van der Waals surface area (Å²) < 4.78 is 1.11. The van der Waals surface area contributed by atoms with Gasteiger partial charge in [-0.15, -0.1) is 0 Å². The second-order valence-electron chi connectivity index (χ2n) is 5.50. The molecule has 0 aromatic heterocycles. The van der Waals surface area contributed by atoms with E-state index in [0.29, 0.717) is 11.8 Å². The third-order valence-electron chi connectivity index (χ3n) is 4.01. The first-order valence-electron chi connectivity index (χ1n) is 7.65. The Morgan fingerprint density at radius 1 is 1.30 bits per heavy atom. The summed E-state index contributed by atoms with van der Waals surface area (Å²) >= 11 is 3.65. The number of nitrogens with one attached hydrogen (secondary N) is 1. The van der Waals surface area contributed by atoms with Crippen LogP contribution in [-0.2, 0) is 0 Å². The van der Waals surface area contributed by atoms with Gasteiger partial charge in [0.2, 0.25) is 0 Å². The van der Waals surface area contributed by atoms with Crippen LogP contribution in [0.5, 0.6) is 5.75 Å². The van der Waals surface area contributed by atoms with Gasteiger partial charge in [0.25, 0.3) is 0 Å². The van der Waals surface area contributed by atoms with Crippen molar-refractivity contribution in [2.24, 2.45) is 0 Å². The summed E-state index contributed by atoms with van der Waals surface area (Å²) in [5.74, 6) is 0.360. The van der Waals surface area contributed by atoms with Gasteiger partial charge in [-0.1, -0.05) is 42.1 Å². The second kappa shape index (κ2) is 8.01. The molecule has 0 unspecified atom stereocenters. The average Bonchev–Trinajstić information content (AvgIpc) is 2.48. The van der Waals surface area contributed by atoms with E-state index in [4.69, 9.17) is 0 Å². The highest BCUT2D eigenvalue weighted by Crippen LogP contribution is 2.34. The van der Waals surface area contributed by atoms with Crippen LogP contribution in [0.15, 0.2) is 22.7 Å². The zero-order valence-electron chi connectivity index (χ0n) is 12.2. The average molecular weight is 341 g/mol. The molecule has 1 fully saturated rings. The highest BCUT2D eigenvalue weighted by atomic mass is 79.9. The van der Waals surface area contributed by atoms with Gasteiger partial charge in [-0.25, -0.2) is 0 Å². The van der Waals surface area contributed by atoms with Crippen molar-refractivity contribution >= 4 is 15.9 Å². The molecule has 0 spiro atoms. The number of hydrogen-bond acceptors (Lipinski definition) is 3. The Labute approximate surface area is 130 Å². The predicted molar refractivity (Wildman–Crippen MR) is 87.1 cm³/mol. The molecule has 2 rings (SSSR count). The molecule has 1 heterocycles. The summed E-state index contributed by atoms with van der Waals surface area (Å²) in [6.45, 7) is 6.52. The molecule has 112 valence electrons. The lowest BCUT2D eigenvalue weighted by molar-refractivity contribution is 0.162. The Hall–Kier alpha value is -0.580. The van der Waals surface area contributed by atoms with Crippen LogP contribution in [0.25, 0.3) is 0 Å². The number of benzene rings is 1. The molecule has 0 bridgehead atoms. The van der Waals surface area contributed by atoms with Crippen molar-refractivity contribution in [3.63, 3.8) is 0 Å². The van der Waals surface area contributed by atoms with Gasteiger partial charge in [0, 0.05) is 36.7 Å². The quantitative estimate of drug-likeness (QED) is 0.775. The molecule has 1 aliphatic heterocycles. The molecule has 0 radical (unpaired) electrons. The van der Waals surface area contributed by atoms with Gasteiger partial charge in [-0.05, 0) is 30.2 Å². The number of unbranched alkanes of at least 4 members (excludes halogenated alkanes) is 2. The van der Waals surface area contributed by atoms with Gasteiger partial charge in [0.1, 0.15) is 5.75 Å². The minimum atomic E-state index is 0.360. The van der Waals surface area contributed by atoms with E-state index in [0.717, 1.165) is 37.1 Å². The van der Waals surface area contributed by atoms with Crippen LogP contribution in [0.2, 0.25) is 0 Å². The molecular formula is C16H25BrN2O. The van der Waals surface area contributed by atoms with E-state index in [1.807, 2.05) is 12.1 Å². The Morgan fingerprint density at radius 2 is 2.05 bits per heavy atom. The molecule has 2 N–H and O–H groups in total. The molecule has 1 aliphatic rings. The van der Waals surface area contributed by atoms with E-state index in [1.54, 1.807) is 6.07 Å². The monoisotopic (exact) mass is 340 g/mol. The highest BCUT2D eigenvalue weighted by molar-refractivity contribution is 9.10. The molecule has 1 aromatic carbocycles. The Bertz CT molecular complexity index is 419. The van der Waals surface area contributed by atoms with Crippen molar-refractivity contribution in [3.8, 4) is 5.75 Å². The van der Waals surface area contributed by atoms with Crippen LogP contribution >= 0.6 is 15.9 Å². The molecule has 1 aromatic rings. The number of phenolic OH excluding ortho intramolecular Hbond substituents is 1. The lowest BCUT2D eigenvalue weighted by atomic mass is 9.98. The van der Waals surface area contributed by atoms with Gasteiger partial charge in [-0.3, -0.25) is 4.90 Å². The van der Waals surface area contributed by atoms with Gasteiger partial charge in [-0.2, -0.15) is 0 Å². The van der Waals surface area contributed by atoms with Crippen molar-refractivity contribution < 1.29 is 5.11 Å². The molecule has 1 saturated heterocycles. The third-order valence-corrected chi connectivity index (χ3v) is 4.73. The van der Waals surface area contributed by atoms with E-state index < -0.39 is 0 Å². The minimum absolute atomic E-state index is 0.360. The number of halogens is 1. The fourth-order valence-corrected chi connectivity index (χ4v) is 3.41. The fourth-order valence-electron chi connectivity index (χ4n) is 2.90. The van der Waals surface area contributed by atoms with Crippen LogP contribution in [0.4, 0.5) is 0 Å². The molecule has 20 heavy (non-hydrogen) atoms. The molecule has 3 nitrogen and oxygen atoms in total. The van der Waals surface area contributed by atoms with Crippen LogP contribution in [0, 0.1) is 0 Å². The Kier molecular flexibility index (Phi) is 6.33. The molecule has 4 heteroatoms. The fraction of sp³-hybridized carbons (Fsp3) is 0.625. The van der Waals surface area contributed by atoms with Gasteiger partial charge < -0.3 is 10.4 Å². The van der Waals surface area contributed by atoms with Crippen LogP contribution in [0.3, 0.4) is 0 Å². The molecule has 0 aliphatic carbocycles. The zero-order chi connectivity index (χ0) is 14.4. The lowest BCUT2D eigenvalue weighted by Crippen LogP contribution is -2.45. The first-order valence-corrected chi connectivity index (χ1v) is 8.45. The second-order valence-corrected chi connectivity index (χ2v) is 6.36. The maximum absolute atomic E-state index is 9.80. The van der Waals surface area contributed by atoms with Gasteiger partial charge in [0.05, 0.1) is 0 Å². The SMILES string of the molecule is CCCCC[C@@H](c1cc(O)ccc1Br)N1CCNCC1. The zero-order valence-corrected chi connectivity index (χ0v) is 13.8. The maximum Gasteiger partial charge on any atom is 0.115 e. The first kappa shape index (κ1) is 15.8. The number of piperazine rings is 1. The van der Waals surface area contributed by atoms with E-state index in [-0.39, 0.29) is 0 Å². The molecule has 1 atom stereocenters. The number of nitrogens with zero attached hydrogens (tertiary/aromatic N) is 1. The summed E-state index contributed by atoms with van der Waals surface area (Å²) in [5, 5.41) is 13.2. The van der Waals surface area contributed by atoms with Gasteiger partial charge >= 0.3 is 0 Å². The van der Waals surface area contributed by atoms with E-state index in [2.05, 4.69) is 33.1 Å². The van der Waals surface area contributed by atoms with Crippen LogP contribution < -0.4 is 5.32 Å².